The highest BCUT2D eigenvalue weighted by atomic mass is 16.1. The van der Waals surface area contributed by atoms with Gasteiger partial charge < -0.3 is 4.90 Å². The van der Waals surface area contributed by atoms with Crippen molar-refractivity contribution in [2.24, 2.45) is 0 Å². The third-order valence-corrected chi connectivity index (χ3v) is 4.39. The number of hydrogen-bond donors (Lipinski definition) is 0. The monoisotopic (exact) mass is 332 g/mol. The Kier molecular flexibility index (Phi) is 5.16. The van der Waals surface area contributed by atoms with Crippen LogP contribution in [0.25, 0.3) is 0 Å². The number of anilines is 1. The van der Waals surface area contributed by atoms with Gasteiger partial charge >= 0.3 is 0 Å². The lowest BCUT2D eigenvalue weighted by Gasteiger charge is -2.29. The molecule has 0 atom stereocenters. The molecule has 1 aliphatic rings. The minimum Gasteiger partial charge on any atom is -0.342 e. The second-order valence-electron chi connectivity index (χ2n) is 6.05. The van der Waals surface area contributed by atoms with Gasteiger partial charge in [0.1, 0.15) is 5.56 Å². The van der Waals surface area contributed by atoms with E-state index in [1.165, 1.54) is 6.42 Å². The standard InChI is InChI=1S/C20H20N4O/c1-2-8-17-14-22-20(23-11-6-3-7-12-23)24(19(17)25)15-18-10-5-4-9-16(18)13-21/h4-5,9-10,14H,3,6-7,11-12,15H2,1H3. The highest BCUT2D eigenvalue weighted by Crippen LogP contribution is 2.18. The third kappa shape index (κ3) is 3.56. The number of hydrogen-bond acceptors (Lipinski definition) is 4. The molecule has 3 rings (SSSR count). The highest BCUT2D eigenvalue weighted by Gasteiger charge is 2.19. The molecular weight excluding hydrogens is 312 g/mol. The lowest BCUT2D eigenvalue weighted by Crippen LogP contribution is -2.37. The van der Waals surface area contributed by atoms with Crippen LogP contribution in [0.3, 0.4) is 0 Å². The summed E-state index contributed by atoms with van der Waals surface area (Å²) in [6.07, 6.45) is 4.97. The van der Waals surface area contributed by atoms with Gasteiger partial charge in [0.15, 0.2) is 0 Å². The Morgan fingerprint density at radius 3 is 2.64 bits per heavy atom. The van der Waals surface area contributed by atoms with Crippen LogP contribution in [0.1, 0.15) is 42.9 Å². The van der Waals surface area contributed by atoms with Crippen molar-refractivity contribution >= 4 is 5.95 Å². The van der Waals surface area contributed by atoms with Gasteiger partial charge in [-0.05, 0) is 37.8 Å². The normalized spacial score (nSPS) is 13.7. The molecule has 126 valence electrons. The zero-order chi connectivity index (χ0) is 17.6. The number of piperidine rings is 1. The lowest BCUT2D eigenvalue weighted by atomic mass is 10.1. The van der Waals surface area contributed by atoms with Crippen molar-refractivity contribution in [2.75, 3.05) is 18.0 Å². The van der Waals surface area contributed by atoms with Gasteiger partial charge in [-0.25, -0.2) is 4.98 Å². The van der Waals surface area contributed by atoms with E-state index in [0.29, 0.717) is 23.6 Å². The molecule has 1 aliphatic heterocycles. The van der Waals surface area contributed by atoms with Crippen LogP contribution in [-0.4, -0.2) is 22.6 Å². The van der Waals surface area contributed by atoms with Gasteiger partial charge in [-0.15, -0.1) is 5.92 Å². The van der Waals surface area contributed by atoms with Gasteiger partial charge in [0.25, 0.3) is 5.56 Å². The SMILES string of the molecule is CC#Cc1cnc(N2CCCCC2)n(Cc2ccccc2C#N)c1=O. The maximum Gasteiger partial charge on any atom is 0.270 e. The predicted octanol–water partition coefficient (Wildman–Crippen LogP) is 2.52. The zero-order valence-electron chi connectivity index (χ0n) is 14.3. The fraction of sp³-hybridized carbons (Fsp3) is 0.350. The first-order chi connectivity index (χ1) is 12.2. The smallest absolute Gasteiger partial charge is 0.270 e. The van der Waals surface area contributed by atoms with Crippen LogP contribution in [0, 0.1) is 23.2 Å². The lowest BCUT2D eigenvalue weighted by molar-refractivity contribution is 0.551. The second-order valence-corrected chi connectivity index (χ2v) is 6.05. The fourth-order valence-corrected chi connectivity index (χ4v) is 3.13. The van der Waals surface area contributed by atoms with Crippen LogP contribution in [0.15, 0.2) is 35.3 Å². The molecular formula is C20H20N4O. The summed E-state index contributed by atoms with van der Waals surface area (Å²) in [4.78, 5) is 19.6. The molecule has 0 bridgehead atoms. The van der Waals surface area contributed by atoms with Gasteiger partial charge in [-0.2, -0.15) is 5.26 Å². The largest absolute Gasteiger partial charge is 0.342 e. The molecule has 5 nitrogen and oxygen atoms in total. The van der Waals surface area contributed by atoms with Gasteiger partial charge in [0, 0.05) is 13.1 Å². The summed E-state index contributed by atoms with van der Waals surface area (Å²) in [6, 6.07) is 9.55. The summed E-state index contributed by atoms with van der Waals surface area (Å²) in [5, 5.41) is 9.34. The van der Waals surface area contributed by atoms with Gasteiger partial charge in [0.2, 0.25) is 5.95 Å². The fourth-order valence-electron chi connectivity index (χ4n) is 3.13. The van der Waals surface area contributed by atoms with Crippen molar-refractivity contribution < 1.29 is 0 Å². The van der Waals surface area contributed by atoms with Crippen LogP contribution < -0.4 is 10.5 Å². The summed E-state index contributed by atoms with van der Waals surface area (Å²) in [5.74, 6) is 6.27. The number of nitrogens with zero attached hydrogens (tertiary/aromatic N) is 4. The number of benzene rings is 1. The molecule has 1 aromatic heterocycles. The van der Waals surface area contributed by atoms with E-state index >= 15 is 0 Å². The molecule has 0 radical (unpaired) electrons. The summed E-state index contributed by atoms with van der Waals surface area (Å²) in [7, 11) is 0. The van der Waals surface area contributed by atoms with Crippen molar-refractivity contribution in [3.63, 3.8) is 0 Å². The minimum atomic E-state index is -0.155. The second kappa shape index (κ2) is 7.68. The molecule has 0 saturated carbocycles. The average Bonchev–Trinajstić information content (AvgIpc) is 2.66. The zero-order valence-corrected chi connectivity index (χ0v) is 14.3. The van der Waals surface area contributed by atoms with E-state index in [4.69, 9.17) is 0 Å². The predicted molar refractivity (Wildman–Crippen MR) is 97.4 cm³/mol. The van der Waals surface area contributed by atoms with E-state index in [9.17, 15) is 10.1 Å². The molecule has 1 aromatic carbocycles. The van der Waals surface area contributed by atoms with Crippen molar-refractivity contribution in [3.8, 4) is 17.9 Å². The Balaban J connectivity index is 2.10. The molecule has 25 heavy (non-hydrogen) atoms. The topological polar surface area (TPSA) is 61.9 Å². The summed E-state index contributed by atoms with van der Waals surface area (Å²) in [6.45, 7) is 3.81. The molecule has 2 aromatic rings. The molecule has 0 aliphatic carbocycles. The molecule has 5 heteroatoms. The minimum absolute atomic E-state index is 0.155. The van der Waals surface area contributed by atoms with E-state index in [1.807, 2.05) is 18.2 Å². The first-order valence-corrected chi connectivity index (χ1v) is 8.50. The summed E-state index contributed by atoms with van der Waals surface area (Å²) < 4.78 is 1.65. The Bertz CT molecular complexity index is 921. The maximum absolute atomic E-state index is 12.9. The Morgan fingerprint density at radius 2 is 1.92 bits per heavy atom. The van der Waals surface area contributed by atoms with Crippen LogP contribution in [-0.2, 0) is 6.54 Å². The molecule has 2 heterocycles. The molecule has 1 fully saturated rings. The quantitative estimate of drug-likeness (QED) is 0.810. The molecule has 0 unspecified atom stereocenters. The van der Waals surface area contributed by atoms with Crippen molar-refractivity contribution in [1.82, 2.24) is 9.55 Å². The number of rotatable bonds is 3. The van der Waals surface area contributed by atoms with E-state index in [0.717, 1.165) is 31.5 Å². The Hall–Kier alpha value is -3.05. The van der Waals surface area contributed by atoms with Crippen LogP contribution in [0.2, 0.25) is 0 Å². The number of aromatic nitrogens is 2. The molecule has 0 spiro atoms. The maximum atomic E-state index is 12.9. The van der Waals surface area contributed by atoms with Crippen LogP contribution in [0.5, 0.6) is 0 Å². The van der Waals surface area contributed by atoms with E-state index in [2.05, 4.69) is 27.8 Å². The third-order valence-electron chi connectivity index (χ3n) is 4.39. The first-order valence-electron chi connectivity index (χ1n) is 8.50. The van der Waals surface area contributed by atoms with Crippen LogP contribution >= 0.6 is 0 Å². The molecule has 1 saturated heterocycles. The highest BCUT2D eigenvalue weighted by molar-refractivity contribution is 5.41. The van der Waals surface area contributed by atoms with E-state index in [-0.39, 0.29) is 5.56 Å². The van der Waals surface area contributed by atoms with Gasteiger partial charge in [-0.1, -0.05) is 24.1 Å². The van der Waals surface area contributed by atoms with E-state index < -0.39 is 0 Å². The van der Waals surface area contributed by atoms with Crippen LogP contribution in [0.4, 0.5) is 5.95 Å². The molecule has 0 N–H and O–H groups in total. The summed E-state index contributed by atoms with van der Waals surface area (Å²) >= 11 is 0. The molecule has 0 amide bonds. The Morgan fingerprint density at radius 1 is 1.16 bits per heavy atom. The van der Waals surface area contributed by atoms with Crippen molar-refractivity contribution in [2.45, 2.75) is 32.7 Å². The van der Waals surface area contributed by atoms with Crippen molar-refractivity contribution in [3.05, 3.63) is 57.5 Å². The average molecular weight is 332 g/mol. The van der Waals surface area contributed by atoms with Gasteiger partial charge in [0.05, 0.1) is 24.4 Å². The first kappa shape index (κ1) is 16.8. The van der Waals surface area contributed by atoms with E-state index in [1.54, 1.807) is 23.8 Å². The van der Waals surface area contributed by atoms with Crippen molar-refractivity contribution in [1.29, 1.82) is 5.26 Å². The summed E-state index contributed by atoms with van der Waals surface area (Å²) in [5.41, 5.74) is 1.62. The Labute approximate surface area is 147 Å². The number of nitriles is 1. The van der Waals surface area contributed by atoms with Gasteiger partial charge in [-0.3, -0.25) is 9.36 Å².